The molecule has 1 aliphatic heterocycles. The number of likely N-dealkylation sites (tertiary alicyclic amines) is 1. The molecule has 1 saturated heterocycles. The number of benzene rings is 1. The number of nitrogens with two attached hydrogens (primary N) is 1. The van der Waals surface area contributed by atoms with E-state index in [0.717, 1.165) is 51.7 Å². The normalized spacial score (nSPS) is 16.0. The number of piperidine rings is 1. The van der Waals surface area contributed by atoms with Crippen LogP contribution < -0.4 is 15.9 Å². The van der Waals surface area contributed by atoms with Gasteiger partial charge in [0.05, 0.1) is 5.69 Å². The highest BCUT2D eigenvalue weighted by molar-refractivity contribution is 7.97. The second-order valence-corrected chi connectivity index (χ2v) is 10.8. The number of aryl methyl sites for hydroxylation is 1. The number of anilines is 2. The molecule has 7 nitrogen and oxygen atoms in total. The Morgan fingerprint density at radius 2 is 1.97 bits per heavy atom. The van der Waals surface area contributed by atoms with E-state index in [1.807, 2.05) is 24.3 Å². The largest absolute Gasteiger partial charge is 0.375 e. The number of aromatic amines is 1. The molecular formula is C29H32BN7S. The molecule has 1 aromatic carbocycles. The molecule has 3 aromatic heterocycles. The standard InChI is InChI=1S/C29H32BN7S/c1-18-14-24(19(2)37(18)22-10-7-9-21(16-22)36-12-4-3-5-13-36)28-34-27-26(25(30)17-32-29(27)35-28)33-20-8-6-11-23(15-20)38-31/h6,8,10-11,14-17H,3-5,7,9,12-13,31H2,1-2H3,(H2,32,33,34,35). The van der Waals surface area contributed by atoms with Crippen LogP contribution in [0.25, 0.3) is 28.2 Å². The van der Waals surface area contributed by atoms with E-state index in [4.69, 9.17) is 18.0 Å². The number of hydrogen-bond donors (Lipinski definition) is 3. The molecular weight excluding hydrogens is 489 g/mol. The van der Waals surface area contributed by atoms with Crippen LogP contribution >= 0.6 is 11.9 Å². The predicted octanol–water partition coefficient (Wildman–Crippen LogP) is 5.55. The highest BCUT2D eigenvalue weighted by Crippen LogP contribution is 2.34. The molecule has 0 spiro atoms. The molecule has 38 heavy (non-hydrogen) atoms. The average Bonchev–Trinajstić information content (AvgIpc) is 3.51. The number of imidazole rings is 1. The first kappa shape index (κ1) is 24.9. The van der Waals surface area contributed by atoms with Gasteiger partial charge in [-0.15, -0.1) is 0 Å². The monoisotopic (exact) mass is 521 g/mol. The summed E-state index contributed by atoms with van der Waals surface area (Å²) in [4.78, 5) is 16.4. The number of nitrogens with zero attached hydrogens (tertiary/aromatic N) is 4. The molecule has 0 amide bonds. The molecule has 1 fully saturated rings. The number of pyridine rings is 1. The first-order valence-corrected chi connectivity index (χ1v) is 14.1. The van der Waals surface area contributed by atoms with Crippen molar-refractivity contribution in [2.75, 3.05) is 18.4 Å². The molecule has 0 bridgehead atoms. The third-order valence-corrected chi connectivity index (χ3v) is 8.09. The fourth-order valence-corrected chi connectivity index (χ4v) is 6.03. The van der Waals surface area contributed by atoms with E-state index in [0.29, 0.717) is 11.1 Å². The summed E-state index contributed by atoms with van der Waals surface area (Å²) in [6, 6.07) is 10.1. The van der Waals surface area contributed by atoms with Gasteiger partial charge >= 0.3 is 0 Å². The van der Waals surface area contributed by atoms with Crippen LogP contribution in [0.1, 0.15) is 43.5 Å². The van der Waals surface area contributed by atoms with Crippen molar-refractivity contribution in [3.8, 4) is 11.4 Å². The van der Waals surface area contributed by atoms with E-state index in [1.54, 1.807) is 6.20 Å². The molecule has 4 aromatic rings. The minimum absolute atomic E-state index is 0.548. The summed E-state index contributed by atoms with van der Waals surface area (Å²) < 4.78 is 2.35. The molecule has 1 aliphatic carbocycles. The Hall–Kier alpha value is -3.43. The average molecular weight is 522 g/mol. The summed E-state index contributed by atoms with van der Waals surface area (Å²) in [5.41, 5.74) is 9.71. The van der Waals surface area contributed by atoms with E-state index in [2.05, 4.69) is 56.8 Å². The number of fused-ring (bicyclic) bond motifs is 1. The zero-order chi connectivity index (χ0) is 26.2. The minimum Gasteiger partial charge on any atom is -0.375 e. The summed E-state index contributed by atoms with van der Waals surface area (Å²) in [6.45, 7) is 6.68. The molecule has 4 N–H and O–H groups in total. The Morgan fingerprint density at radius 1 is 1.13 bits per heavy atom. The predicted molar refractivity (Wildman–Crippen MR) is 159 cm³/mol. The van der Waals surface area contributed by atoms with E-state index in [-0.39, 0.29) is 0 Å². The van der Waals surface area contributed by atoms with Crippen LogP contribution in [0.4, 0.5) is 11.4 Å². The van der Waals surface area contributed by atoms with Gasteiger partial charge in [0.25, 0.3) is 0 Å². The highest BCUT2D eigenvalue weighted by atomic mass is 32.2. The number of nitrogens with one attached hydrogen (secondary N) is 2. The number of rotatable bonds is 6. The van der Waals surface area contributed by atoms with E-state index in [1.165, 1.54) is 61.4 Å². The van der Waals surface area contributed by atoms with Crippen LogP contribution in [0, 0.1) is 13.8 Å². The molecule has 9 heteroatoms. The smallest absolute Gasteiger partial charge is 0.180 e. The van der Waals surface area contributed by atoms with Gasteiger partial charge in [-0.1, -0.05) is 17.6 Å². The number of aromatic nitrogens is 4. The van der Waals surface area contributed by atoms with Gasteiger partial charge < -0.3 is 19.8 Å². The maximum Gasteiger partial charge on any atom is 0.180 e. The fourth-order valence-electron chi connectivity index (χ4n) is 5.68. The molecule has 192 valence electrons. The molecule has 6 rings (SSSR count). The Bertz CT molecular complexity index is 1560. The first-order chi connectivity index (χ1) is 18.5. The van der Waals surface area contributed by atoms with Crippen LogP contribution in [0.3, 0.4) is 0 Å². The summed E-state index contributed by atoms with van der Waals surface area (Å²) in [6.07, 6.45) is 12.5. The summed E-state index contributed by atoms with van der Waals surface area (Å²) in [7, 11) is 6.36. The second kappa shape index (κ2) is 10.4. The first-order valence-electron chi connectivity index (χ1n) is 13.2. The molecule has 4 heterocycles. The van der Waals surface area contributed by atoms with Gasteiger partial charge in [-0.05, 0) is 88.2 Å². The van der Waals surface area contributed by atoms with Gasteiger partial charge in [-0.2, -0.15) is 0 Å². The van der Waals surface area contributed by atoms with E-state index in [9.17, 15) is 0 Å². The third-order valence-electron chi connectivity index (χ3n) is 7.56. The lowest BCUT2D eigenvalue weighted by Crippen LogP contribution is -2.29. The van der Waals surface area contributed by atoms with E-state index >= 15 is 0 Å². The van der Waals surface area contributed by atoms with Crippen LogP contribution in [-0.4, -0.2) is 45.4 Å². The topological polar surface area (TPSA) is 87.8 Å². The Balaban J connectivity index is 1.36. The van der Waals surface area contributed by atoms with Crippen LogP contribution in [0.15, 0.2) is 59.3 Å². The van der Waals surface area contributed by atoms with Crippen molar-refractivity contribution < 1.29 is 0 Å². The fraction of sp³-hybridized carbons (Fsp3) is 0.310. The molecule has 2 radical (unpaired) electrons. The zero-order valence-electron chi connectivity index (χ0n) is 21.9. The lowest BCUT2D eigenvalue weighted by Gasteiger charge is -2.33. The van der Waals surface area contributed by atoms with Crippen molar-refractivity contribution in [1.82, 2.24) is 24.4 Å². The van der Waals surface area contributed by atoms with Crippen molar-refractivity contribution in [3.63, 3.8) is 0 Å². The molecule has 0 unspecified atom stereocenters. The number of H-pyrrole nitrogens is 1. The van der Waals surface area contributed by atoms with Crippen molar-refractivity contribution in [3.05, 3.63) is 65.8 Å². The Morgan fingerprint density at radius 3 is 2.79 bits per heavy atom. The third kappa shape index (κ3) is 4.65. The Labute approximate surface area is 229 Å². The lowest BCUT2D eigenvalue weighted by molar-refractivity contribution is 0.276. The van der Waals surface area contributed by atoms with Gasteiger partial charge in [-0.3, -0.25) is 5.14 Å². The number of allylic oxidation sites excluding steroid dienone is 4. The zero-order valence-corrected chi connectivity index (χ0v) is 22.7. The van der Waals surface area contributed by atoms with E-state index < -0.39 is 0 Å². The second-order valence-electron chi connectivity index (χ2n) is 10.1. The molecule has 0 atom stereocenters. The maximum absolute atomic E-state index is 6.36. The van der Waals surface area contributed by atoms with Crippen LogP contribution in [-0.2, 0) is 0 Å². The van der Waals surface area contributed by atoms with Crippen molar-refractivity contribution in [2.24, 2.45) is 5.14 Å². The van der Waals surface area contributed by atoms with Gasteiger partial charge in [0.2, 0.25) is 0 Å². The van der Waals surface area contributed by atoms with Crippen LogP contribution in [0.5, 0.6) is 0 Å². The summed E-state index contributed by atoms with van der Waals surface area (Å²) in [5.74, 6) is 0.781. The van der Waals surface area contributed by atoms with Gasteiger partial charge in [-0.25, -0.2) is 9.97 Å². The van der Waals surface area contributed by atoms with Crippen LogP contribution in [0.2, 0.25) is 0 Å². The van der Waals surface area contributed by atoms with Gasteiger partial charge in [0, 0.05) is 58.2 Å². The SMILES string of the molecule is [B]c1cnc2nc(-c3cc(C)n(C4=CCCC(N5CCCCC5)=C4)c3C)[nH]c2c1Nc1cccc(SN)c1. The summed E-state index contributed by atoms with van der Waals surface area (Å²) in [5, 5.41) is 9.20. The van der Waals surface area contributed by atoms with Crippen molar-refractivity contribution in [1.29, 1.82) is 0 Å². The van der Waals surface area contributed by atoms with Crippen molar-refractivity contribution >= 4 is 53.5 Å². The van der Waals surface area contributed by atoms with Crippen molar-refractivity contribution in [2.45, 2.75) is 50.8 Å². The number of hydrogen-bond acceptors (Lipinski definition) is 6. The molecule has 0 saturated carbocycles. The molecule has 2 aliphatic rings. The summed E-state index contributed by atoms with van der Waals surface area (Å²) >= 11 is 1.21. The lowest BCUT2D eigenvalue weighted by atomic mass is 9.96. The maximum atomic E-state index is 6.36. The Kier molecular flexibility index (Phi) is 6.80. The van der Waals surface area contributed by atoms with Gasteiger partial charge in [0.15, 0.2) is 5.65 Å². The quantitative estimate of drug-likeness (QED) is 0.228. The minimum atomic E-state index is 0.548. The van der Waals surface area contributed by atoms with Gasteiger partial charge in [0.1, 0.15) is 19.2 Å². The highest BCUT2D eigenvalue weighted by Gasteiger charge is 2.21.